The highest BCUT2D eigenvalue weighted by molar-refractivity contribution is 7.46. The molecule has 1 amide bonds. The van der Waals surface area contributed by atoms with Crippen LogP contribution in [0.15, 0.2) is 24.5 Å². The largest absolute Gasteiger partial charge is 0.469 e. The van der Waals surface area contributed by atoms with Gasteiger partial charge in [0.1, 0.15) is 11.7 Å². The van der Waals surface area contributed by atoms with Crippen LogP contribution in [-0.2, 0) is 13.8 Å². The van der Waals surface area contributed by atoms with Gasteiger partial charge in [0.25, 0.3) is 12.1 Å². The summed E-state index contributed by atoms with van der Waals surface area (Å²) in [6, 6.07) is 2.89. The summed E-state index contributed by atoms with van der Waals surface area (Å²) in [5, 5.41) is 9.85. The molecule has 1 aliphatic rings. The molecule has 0 spiro atoms. The van der Waals surface area contributed by atoms with Crippen molar-refractivity contribution >= 4 is 13.7 Å². The molecule has 5 N–H and O–H groups in total. The molecule has 0 saturated carbocycles. The zero-order valence-electron chi connectivity index (χ0n) is 11.2. The van der Waals surface area contributed by atoms with Crippen LogP contribution in [0, 0.1) is 0 Å². The first-order valence-corrected chi connectivity index (χ1v) is 7.70. The molecule has 0 aromatic carbocycles. The Hall–Kier alpha value is -1.42. The number of aromatic nitrogens is 1. The maximum absolute atomic E-state index is 13.9. The zero-order valence-corrected chi connectivity index (χ0v) is 12.0. The first-order chi connectivity index (χ1) is 10.2. The summed E-state index contributed by atoms with van der Waals surface area (Å²) in [4.78, 5) is 28.3. The van der Waals surface area contributed by atoms with Crippen molar-refractivity contribution in [2.24, 2.45) is 5.73 Å². The Labute approximate surface area is 124 Å². The molecule has 11 heteroatoms. The summed E-state index contributed by atoms with van der Waals surface area (Å²) in [6.45, 7) is -0.727. The van der Waals surface area contributed by atoms with Gasteiger partial charge in [-0.15, -0.1) is 0 Å². The van der Waals surface area contributed by atoms with Gasteiger partial charge in [0.05, 0.1) is 6.61 Å². The van der Waals surface area contributed by atoms with Crippen LogP contribution in [0.5, 0.6) is 0 Å². The third-order valence-corrected chi connectivity index (χ3v) is 3.58. The van der Waals surface area contributed by atoms with Crippen LogP contribution < -0.4 is 10.3 Å². The molecule has 1 saturated heterocycles. The number of ether oxygens (including phenoxy) is 1. The Balaban J connectivity index is 2.14. The zero-order chi connectivity index (χ0) is 16.5. The van der Waals surface area contributed by atoms with Crippen LogP contribution in [0.4, 0.5) is 4.39 Å². The highest BCUT2D eigenvalue weighted by Crippen LogP contribution is 2.38. The van der Waals surface area contributed by atoms with E-state index in [2.05, 4.69) is 4.52 Å². The van der Waals surface area contributed by atoms with Crippen LogP contribution >= 0.6 is 7.82 Å². The number of amides is 1. The quantitative estimate of drug-likeness (QED) is 0.389. The second kappa shape index (κ2) is 6.37. The SMILES string of the molecule is NC(=O)c1ccc[n+](C2OC(COP(=O)(O)O)[C@H](F)[C@H]2O)c1. The summed E-state index contributed by atoms with van der Waals surface area (Å²) in [6.07, 6.45) is -3.36. The summed E-state index contributed by atoms with van der Waals surface area (Å²) >= 11 is 0. The highest BCUT2D eigenvalue weighted by atomic mass is 31.2. The second-order valence-corrected chi connectivity index (χ2v) is 5.93. The number of rotatable bonds is 5. The normalized spacial score (nSPS) is 28.7. The van der Waals surface area contributed by atoms with Crippen molar-refractivity contribution in [3.63, 3.8) is 0 Å². The first-order valence-electron chi connectivity index (χ1n) is 6.17. The summed E-state index contributed by atoms with van der Waals surface area (Å²) in [7, 11) is -4.77. The Kier molecular flexibility index (Phi) is 4.90. The molecule has 1 aliphatic heterocycles. The molecule has 122 valence electrons. The van der Waals surface area contributed by atoms with Gasteiger partial charge in [-0.2, -0.15) is 4.57 Å². The van der Waals surface area contributed by atoms with E-state index in [1.807, 2.05) is 0 Å². The Morgan fingerprint density at radius 1 is 1.55 bits per heavy atom. The summed E-state index contributed by atoms with van der Waals surface area (Å²) < 4.78 is 35.2. The molecular formula is C11H15FN2O7P+. The van der Waals surface area contributed by atoms with Crippen LogP contribution in [0.2, 0.25) is 0 Å². The van der Waals surface area contributed by atoms with Gasteiger partial charge < -0.3 is 25.4 Å². The van der Waals surface area contributed by atoms with Gasteiger partial charge in [-0.1, -0.05) is 0 Å². The molecule has 0 radical (unpaired) electrons. The van der Waals surface area contributed by atoms with E-state index in [4.69, 9.17) is 20.3 Å². The van der Waals surface area contributed by atoms with Crippen molar-refractivity contribution in [2.45, 2.75) is 24.6 Å². The van der Waals surface area contributed by atoms with Gasteiger partial charge in [0.2, 0.25) is 0 Å². The molecule has 0 aliphatic carbocycles. The predicted molar refractivity (Wildman–Crippen MR) is 68.0 cm³/mol. The number of alkyl halides is 1. The van der Waals surface area contributed by atoms with Crippen molar-refractivity contribution < 1.29 is 42.5 Å². The van der Waals surface area contributed by atoms with E-state index in [-0.39, 0.29) is 5.56 Å². The smallest absolute Gasteiger partial charge is 0.381 e. The lowest BCUT2D eigenvalue weighted by molar-refractivity contribution is -0.765. The lowest BCUT2D eigenvalue weighted by Crippen LogP contribution is -2.46. The number of halogens is 1. The Morgan fingerprint density at radius 3 is 2.82 bits per heavy atom. The van der Waals surface area contributed by atoms with Crippen LogP contribution in [0.1, 0.15) is 16.6 Å². The van der Waals surface area contributed by atoms with Crippen LogP contribution in [0.3, 0.4) is 0 Å². The van der Waals surface area contributed by atoms with Gasteiger partial charge in [0, 0.05) is 6.07 Å². The average molecular weight is 337 g/mol. The number of aliphatic hydroxyl groups excluding tert-OH is 1. The Morgan fingerprint density at radius 2 is 2.23 bits per heavy atom. The van der Waals surface area contributed by atoms with Crippen LogP contribution in [0.25, 0.3) is 0 Å². The number of phosphoric ester groups is 1. The lowest BCUT2D eigenvalue weighted by atomic mass is 10.1. The highest BCUT2D eigenvalue weighted by Gasteiger charge is 2.50. The minimum atomic E-state index is -4.77. The van der Waals surface area contributed by atoms with E-state index in [0.29, 0.717) is 0 Å². The summed E-state index contributed by atoms with van der Waals surface area (Å²) in [5.74, 6) is -0.708. The molecule has 1 aromatic rings. The Bertz CT molecular complexity index is 610. The van der Waals surface area contributed by atoms with E-state index in [1.54, 1.807) is 0 Å². The third kappa shape index (κ3) is 3.86. The molecule has 2 heterocycles. The first kappa shape index (κ1) is 16.9. The molecule has 9 nitrogen and oxygen atoms in total. The topological polar surface area (TPSA) is 143 Å². The number of aliphatic hydroxyl groups is 1. The maximum atomic E-state index is 13.9. The lowest BCUT2D eigenvalue weighted by Gasteiger charge is -2.12. The van der Waals surface area contributed by atoms with E-state index in [0.717, 1.165) is 0 Å². The molecule has 1 fully saturated rings. The van der Waals surface area contributed by atoms with E-state index in [1.165, 1.54) is 29.1 Å². The standard InChI is InChI=1S/C11H14FN2O7P/c12-8-7(5-20-22(17,18)19)21-11(9(8)15)14-3-1-2-6(4-14)10(13)16/h1-4,7-9,11,15H,5H2,(H3-,13,16,17,18,19)/p+1/t7?,8-,9+,11?/m0/s1. The molecule has 4 atom stereocenters. The number of carbonyl (C=O) groups excluding carboxylic acids is 1. The molecule has 2 rings (SSSR count). The van der Waals surface area contributed by atoms with Crippen molar-refractivity contribution in [1.82, 2.24) is 0 Å². The fourth-order valence-corrected chi connectivity index (χ4v) is 2.40. The molecule has 22 heavy (non-hydrogen) atoms. The third-order valence-electron chi connectivity index (χ3n) is 3.10. The number of hydrogen-bond acceptors (Lipinski definition) is 5. The molecule has 2 unspecified atom stereocenters. The van der Waals surface area contributed by atoms with Crippen LogP contribution in [-0.4, -0.2) is 45.8 Å². The van der Waals surface area contributed by atoms with Gasteiger partial charge in [-0.3, -0.25) is 9.32 Å². The number of pyridine rings is 1. The monoisotopic (exact) mass is 337 g/mol. The average Bonchev–Trinajstić information content (AvgIpc) is 2.72. The number of primary amides is 1. The number of nitrogens with zero attached hydrogens (tertiary/aromatic N) is 1. The van der Waals surface area contributed by atoms with Crippen molar-refractivity contribution in [2.75, 3.05) is 6.61 Å². The maximum Gasteiger partial charge on any atom is 0.469 e. The fraction of sp³-hybridized carbons (Fsp3) is 0.455. The van der Waals surface area contributed by atoms with E-state index >= 15 is 0 Å². The van der Waals surface area contributed by atoms with Gasteiger partial charge in [0.15, 0.2) is 24.7 Å². The molecule has 1 aromatic heterocycles. The van der Waals surface area contributed by atoms with E-state index < -0.39 is 44.9 Å². The van der Waals surface area contributed by atoms with E-state index in [9.17, 15) is 18.9 Å². The molecule has 0 bridgehead atoms. The fourth-order valence-electron chi connectivity index (χ4n) is 2.06. The predicted octanol–water partition coefficient (Wildman–Crippen LogP) is -1.22. The summed E-state index contributed by atoms with van der Waals surface area (Å²) in [5.41, 5.74) is 5.26. The van der Waals surface area contributed by atoms with Gasteiger partial charge in [-0.05, 0) is 6.07 Å². The minimum absolute atomic E-state index is 0.128. The van der Waals surface area contributed by atoms with Crippen molar-refractivity contribution in [1.29, 1.82) is 0 Å². The van der Waals surface area contributed by atoms with Gasteiger partial charge in [-0.25, -0.2) is 8.96 Å². The van der Waals surface area contributed by atoms with Crippen molar-refractivity contribution in [3.05, 3.63) is 30.1 Å². The van der Waals surface area contributed by atoms with Crippen molar-refractivity contribution in [3.8, 4) is 0 Å². The number of phosphoric acid groups is 1. The number of hydrogen-bond donors (Lipinski definition) is 4. The molecular weight excluding hydrogens is 322 g/mol. The number of nitrogens with two attached hydrogens (primary N) is 1. The number of carbonyl (C=O) groups is 1. The minimum Gasteiger partial charge on any atom is -0.381 e. The second-order valence-electron chi connectivity index (χ2n) is 4.69. The van der Waals surface area contributed by atoms with Gasteiger partial charge >= 0.3 is 7.82 Å².